The van der Waals surface area contributed by atoms with Crippen LogP contribution in [0.2, 0.25) is 0 Å². The van der Waals surface area contributed by atoms with E-state index >= 15 is 0 Å². The van der Waals surface area contributed by atoms with E-state index in [1.807, 2.05) is 24.3 Å². The van der Waals surface area contributed by atoms with Gasteiger partial charge < -0.3 is 14.8 Å². The number of rotatable bonds is 5. The van der Waals surface area contributed by atoms with Gasteiger partial charge in [-0.25, -0.2) is 4.98 Å². The highest BCUT2D eigenvalue weighted by Crippen LogP contribution is 2.11. The fraction of sp³-hybridized carbons (Fsp3) is 0.267. The number of aryl methyl sites for hydroxylation is 2. The number of H-pyrrole nitrogens is 1. The van der Waals surface area contributed by atoms with Crippen molar-refractivity contribution in [3.8, 4) is 0 Å². The van der Waals surface area contributed by atoms with Crippen molar-refractivity contribution >= 4 is 16.9 Å². The van der Waals surface area contributed by atoms with Crippen molar-refractivity contribution in [1.82, 2.24) is 20.4 Å². The van der Waals surface area contributed by atoms with Gasteiger partial charge in [-0.15, -0.1) is 0 Å². The normalized spacial score (nSPS) is 10.9. The minimum absolute atomic E-state index is 0.227. The lowest BCUT2D eigenvalue weighted by Gasteiger charge is -2.02. The molecule has 2 heterocycles. The summed E-state index contributed by atoms with van der Waals surface area (Å²) in [5.74, 6) is 0.981. The number of imidazole rings is 1. The molecule has 6 nitrogen and oxygen atoms in total. The molecule has 3 rings (SSSR count). The minimum atomic E-state index is -0.227. The number of hydrogen-bond donors (Lipinski definition) is 2. The first kappa shape index (κ1) is 13.4. The standard InChI is InChI=1S/C15H16N4O2/c1-10-9-17-21-14(10)15(20)16-8-4-7-13-18-11-5-2-3-6-12(11)19-13/h2-3,5-6,9H,4,7-8H2,1H3,(H,16,20)(H,18,19). The van der Waals surface area contributed by atoms with E-state index in [0.29, 0.717) is 6.54 Å². The smallest absolute Gasteiger partial charge is 0.290 e. The van der Waals surface area contributed by atoms with Crippen LogP contribution in [-0.2, 0) is 6.42 Å². The number of carbonyl (C=O) groups is 1. The van der Waals surface area contributed by atoms with Crippen molar-refractivity contribution in [3.63, 3.8) is 0 Å². The van der Waals surface area contributed by atoms with Gasteiger partial charge in [0.05, 0.1) is 17.2 Å². The minimum Gasteiger partial charge on any atom is -0.351 e. The fourth-order valence-electron chi connectivity index (χ4n) is 2.17. The number of aromatic nitrogens is 3. The lowest BCUT2D eigenvalue weighted by molar-refractivity contribution is 0.0915. The zero-order chi connectivity index (χ0) is 14.7. The number of nitrogens with one attached hydrogen (secondary N) is 2. The molecule has 0 bridgehead atoms. The predicted octanol–water partition coefficient (Wildman–Crippen LogP) is 2.22. The van der Waals surface area contributed by atoms with Crippen molar-refractivity contribution in [1.29, 1.82) is 0 Å². The summed E-state index contributed by atoms with van der Waals surface area (Å²) in [6.07, 6.45) is 3.12. The summed E-state index contributed by atoms with van der Waals surface area (Å²) >= 11 is 0. The van der Waals surface area contributed by atoms with Crippen LogP contribution < -0.4 is 5.32 Å². The van der Waals surface area contributed by atoms with Gasteiger partial charge in [-0.05, 0) is 25.5 Å². The third-order valence-corrected chi connectivity index (χ3v) is 3.27. The molecule has 0 aliphatic carbocycles. The third-order valence-electron chi connectivity index (χ3n) is 3.27. The van der Waals surface area contributed by atoms with Crippen LogP contribution in [0.1, 0.15) is 28.4 Å². The van der Waals surface area contributed by atoms with Crippen LogP contribution in [-0.4, -0.2) is 27.6 Å². The van der Waals surface area contributed by atoms with Crippen molar-refractivity contribution in [2.24, 2.45) is 0 Å². The second-order valence-electron chi connectivity index (χ2n) is 4.90. The van der Waals surface area contributed by atoms with Crippen LogP contribution in [0.4, 0.5) is 0 Å². The monoisotopic (exact) mass is 284 g/mol. The maximum Gasteiger partial charge on any atom is 0.290 e. The molecular weight excluding hydrogens is 268 g/mol. The molecule has 0 fully saturated rings. The summed E-state index contributed by atoms with van der Waals surface area (Å²) < 4.78 is 4.90. The second kappa shape index (κ2) is 5.78. The van der Waals surface area contributed by atoms with Gasteiger partial charge in [0.2, 0.25) is 5.76 Å². The molecule has 2 aromatic heterocycles. The Labute approximate surface area is 121 Å². The average molecular weight is 284 g/mol. The zero-order valence-corrected chi connectivity index (χ0v) is 11.7. The molecule has 2 N–H and O–H groups in total. The first-order valence-electron chi connectivity index (χ1n) is 6.87. The molecule has 0 saturated carbocycles. The molecule has 0 aliphatic rings. The topological polar surface area (TPSA) is 83.8 Å². The van der Waals surface area contributed by atoms with E-state index in [2.05, 4.69) is 20.4 Å². The summed E-state index contributed by atoms with van der Waals surface area (Å²) in [7, 11) is 0. The van der Waals surface area contributed by atoms with E-state index in [1.54, 1.807) is 6.92 Å². The van der Waals surface area contributed by atoms with Crippen LogP contribution in [0.15, 0.2) is 35.0 Å². The fourth-order valence-corrected chi connectivity index (χ4v) is 2.17. The first-order valence-corrected chi connectivity index (χ1v) is 6.87. The molecule has 108 valence electrons. The number of benzene rings is 1. The largest absolute Gasteiger partial charge is 0.351 e. The van der Waals surface area contributed by atoms with Gasteiger partial charge in [0.1, 0.15) is 5.82 Å². The Morgan fingerprint density at radius 2 is 2.24 bits per heavy atom. The summed E-state index contributed by atoms with van der Waals surface area (Å²) in [5.41, 5.74) is 2.74. The molecule has 21 heavy (non-hydrogen) atoms. The van der Waals surface area contributed by atoms with Crippen LogP contribution in [0.3, 0.4) is 0 Å². The molecular formula is C15H16N4O2. The van der Waals surface area contributed by atoms with Crippen LogP contribution in [0.25, 0.3) is 11.0 Å². The van der Waals surface area contributed by atoms with E-state index < -0.39 is 0 Å². The van der Waals surface area contributed by atoms with E-state index in [0.717, 1.165) is 35.3 Å². The van der Waals surface area contributed by atoms with E-state index in [9.17, 15) is 4.79 Å². The van der Waals surface area contributed by atoms with Gasteiger partial charge >= 0.3 is 0 Å². The summed E-state index contributed by atoms with van der Waals surface area (Å²) in [5, 5.41) is 6.41. The van der Waals surface area contributed by atoms with Crippen molar-refractivity contribution in [2.75, 3.05) is 6.54 Å². The summed E-state index contributed by atoms with van der Waals surface area (Å²) in [4.78, 5) is 19.6. The Morgan fingerprint density at radius 1 is 1.38 bits per heavy atom. The van der Waals surface area contributed by atoms with Gasteiger partial charge in [-0.3, -0.25) is 4.79 Å². The Morgan fingerprint density at radius 3 is 3.00 bits per heavy atom. The molecule has 0 spiro atoms. The van der Waals surface area contributed by atoms with Crippen molar-refractivity contribution in [2.45, 2.75) is 19.8 Å². The molecule has 1 aromatic carbocycles. The van der Waals surface area contributed by atoms with Gasteiger partial charge in [0.15, 0.2) is 0 Å². The average Bonchev–Trinajstić information content (AvgIpc) is 3.08. The van der Waals surface area contributed by atoms with Crippen LogP contribution in [0, 0.1) is 6.92 Å². The number of amides is 1. The number of para-hydroxylation sites is 2. The van der Waals surface area contributed by atoms with Gasteiger partial charge in [0.25, 0.3) is 5.91 Å². The second-order valence-corrected chi connectivity index (χ2v) is 4.90. The van der Waals surface area contributed by atoms with E-state index in [1.165, 1.54) is 6.20 Å². The number of fused-ring (bicyclic) bond motifs is 1. The molecule has 0 unspecified atom stereocenters. The quantitative estimate of drug-likeness (QED) is 0.704. The maximum absolute atomic E-state index is 11.8. The van der Waals surface area contributed by atoms with E-state index in [4.69, 9.17) is 4.52 Å². The molecule has 0 radical (unpaired) electrons. The molecule has 6 heteroatoms. The lowest BCUT2D eigenvalue weighted by Crippen LogP contribution is -2.25. The number of aromatic amines is 1. The predicted molar refractivity (Wildman–Crippen MR) is 78.0 cm³/mol. The third kappa shape index (κ3) is 2.94. The lowest BCUT2D eigenvalue weighted by atomic mass is 10.2. The maximum atomic E-state index is 11.8. The highest BCUT2D eigenvalue weighted by atomic mass is 16.5. The number of carbonyl (C=O) groups excluding carboxylic acids is 1. The molecule has 0 saturated heterocycles. The number of nitrogens with zero attached hydrogens (tertiary/aromatic N) is 2. The van der Waals surface area contributed by atoms with Crippen LogP contribution >= 0.6 is 0 Å². The van der Waals surface area contributed by atoms with E-state index in [-0.39, 0.29) is 11.7 Å². The Balaban J connectivity index is 1.50. The molecule has 3 aromatic rings. The SMILES string of the molecule is Cc1cnoc1C(=O)NCCCc1nc2ccccc2[nH]1. The number of hydrogen-bond acceptors (Lipinski definition) is 4. The highest BCUT2D eigenvalue weighted by molar-refractivity contribution is 5.92. The van der Waals surface area contributed by atoms with Gasteiger partial charge in [-0.2, -0.15) is 0 Å². The Bertz CT molecular complexity index is 727. The molecule has 1 amide bonds. The van der Waals surface area contributed by atoms with Gasteiger partial charge in [-0.1, -0.05) is 17.3 Å². The van der Waals surface area contributed by atoms with Gasteiger partial charge in [0, 0.05) is 18.5 Å². The van der Waals surface area contributed by atoms with Crippen molar-refractivity contribution in [3.05, 3.63) is 47.6 Å². The van der Waals surface area contributed by atoms with Crippen molar-refractivity contribution < 1.29 is 9.32 Å². The van der Waals surface area contributed by atoms with Crippen LogP contribution in [0.5, 0.6) is 0 Å². The Kier molecular flexibility index (Phi) is 3.68. The highest BCUT2D eigenvalue weighted by Gasteiger charge is 2.13. The Hall–Kier alpha value is -2.63. The molecule has 0 aliphatic heterocycles. The first-order chi connectivity index (χ1) is 10.2. The summed E-state index contributed by atoms with van der Waals surface area (Å²) in [6.45, 7) is 2.36. The summed E-state index contributed by atoms with van der Waals surface area (Å²) in [6, 6.07) is 7.92. The zero-order valence-electron chi connectivity index (χ0n) is 11.7. The molecule has 0 atom stereocenters.